The molecule has 0 saturated carbocycles. The highest BCUT2D eigenvalue weighted by molar-refractivity contribution is 5.98. The van der Waals surface area contributed by atoms with Crippen molar-refractivity contribution in [1.82, 2.24) is 19.0 Å². The van der Waals surface area contributed by atoms with Crippen molar-refractivity contribution in [2.24, 2.45) is 0 Å². The normalized spacial score (nSPS) is 14.8. The first kappa shape index (κ1) is 19.0. The highest BCUT2D eigenvalue weighted by Crippen LogP contribution is 2.30. The van der Waals surface area contributed by atoms with Crippen LogP contribution in [0.3, 0.4) is 0 Å². The molecule has 1 N–H and O–H groups in total. The van der Waals surface area contributed by atoms with E-state index in [-0.39, 0.29) is 23.2 Å². The molecule has 0 unspecified atom stereocenters. The zero-order chi connectivity index (χ0) is 21.5. The van der Waals surface area contributed by atoms with E-state index in [2.05, 4.69) is 11.1 Å². The van der Waals surface area contributed by atoms with Crippen molar-refractivity contribution < 1.29 is 9.21 Å². The Morgan fingerprint density at radius 1 is 1.16 bits per heavy atom. The molecule has 4 aromatic rings. The van der Waals surface area contributed by atoms with Crippen LogP contribution in [0.5, 0.6) is 0 Å². The summed E-state index contributed by atoms with van der Waals surface area (Å²) in [6, 6.07) is 13.5. The number of H-pyrrole nitrogens is 1. The van der Waals surface area contributed by atoms with Crippen molar-refractivity contribution >= 4 is 16.9 Å². The minimum absolute atomic E-state index is 0.0176. The molecule has 1 amide bonds. The van der Waals surface area contributed by atoms with Crippen LogP contribution < -0.4 is 5.69 Å². The average Bonchev–Trinajstić information content (AvgIpc) is 3.49. The summed E-state index contributed by atoms with van der Waals surface area (Å²) in [7, 11) is 0. The molecule has 0 radical (unpaired) electrons. The van der Waals surface area contributed by atoms with Gasteiger partial charge in [0.2, 0.25) is 5.88 Å². The van der Waals surface area contributed by atoms with Gasteiger partial charge in [0.25, 0.3) is 5.91 Å². The number of aromatic nitrogens is 3. The van der Waals surface area contributed by atoms with Crippen LogP contribution in [-0.2, 0) is 0 Å². The second kappa shape index (κ2) is 7.36. The molecule has 0 spiro atoms. The lowest BCUT2D eigenvalue weighted by atomic mass is 10.0. The predicted molar refractivity (Wildman–Crippen MR) is 114 cm³/mol. The van der Waals surface area contributed by atoms with Gasteiger partial charge in [0.1, 0.15) is 23.0 Å². The Kier molecular flexibility index (Phi) is 4.51. The van der Waals surface area contributed by atoms with Gasteiger partial charge < -0.3 is 14.3 Å². The topological polar surface area (TPSA) is 100.0 Å². The van der Waals surface area contributed by atoms with Crippen molar-refractivity contribution in [2.75, 3.05) is 13.1 Å². The van der Waals surface area contributed by atoms with Crippen LogP contribution in [0.15, 0.2) is 58.0 Å². The van der Waals surface area contributed by atoms with Gasteiger partial charge in [-0.1, -0.05) is 12.1 Å². The first-order valence-electron chi connectivity index (χ1n) is 10.2. The van der Waals surface area contributed by atoms with E-state index >= 15 is 0 Å². The van der Waals surface area contributed by atoms with Gasteiger partial charge in [-0.25, -0.2) is 4.79 Å². The minimum atomic E-state index is -0.207. The standard InChI is InChI=1S/C23H21N5O3/c1-15-20(17(14-24)22(31-15)27-10-4-5-11-27)21(29)26-12-8-16(9-13-26)28-19-7-3-2-6-18(19)25-23(28)30/h2-7,10-11,16H,8-9,12-13H2,1H3,(H,25,30). The first-order valence-corrected chi connectivity index (χ1v) is 10.2. The summed E-state index contributed by atoms with van der Waals surface area (Å²) in [6.07, 6.45) is 4.88. The lowest BCUT2D eigenvalue weighted by Gasteiger charge is -2.32. The van der Waals surface area contributed by atoms with Crippen LogP contribution in [0.25, 0.3) is 16.9 Å². The van der Waals surface area contributed by atoms with Crippen LogP contribution >= 0.6 is 0 Å². The molecule has 1 aliphatic rings. The number of rotatable bonds is 3. The number of para-hydroxylation sites is 2. The Bertz CT molecular complexity index is 1360. The Labute approximate surface area is 177 Å². The molecule has 1 aromatic carbocycles. The summed E-state index contributed by atoms with van der Waals surface area (Å²) < 4.78 is 9.27. The van der Waals surface area contributed by atoms with Gasteiger partial charge in [0.15, 0.2) is 0 Å². The van der Waals surface area contributed by atoms with Gasteiger partial charge in [0.05, 0.1) is 11.0 Å². The molecule has 8 nitrogen and oxygen atoms in total. The van der Waals surface area contributed by atoms with E-state index in [1.54, 1.807) is 33.4 Å². The second-order valence-electron chi connectivity index (χ2n) is 7.76. The fraction of sp³-hybridized carbons (Fsp3) is 0.261. The summed E-state index contributed by atoms with van der Waals surface area (Å²) in [5.41, 5.74) is 2.13. The summed E-state index contributed by atoms with van der Waals surface area (Å²) in [4.78, 5) is 30.4. The van der Waals surface area contributed by atoms with Crippen LogP contribution in [-0.4, -0.2) is 38.0 Å². The molecule has 3 aromatic heterocycles. The largest absolute Gasteiger partial charge is 0.443 e. The smallest absolute Gasteiger partial charge is 0.326 e. The number of fused-ring (bicyclic) bond motifs is 1. The molecule has 8 heteroatoms. The molecule has 1 saturated heterocycles. The quantitative estimate of drug-likeness (QED) is 0.554. The number of likely N-dealkylation sites (tertiary alicyclic amines) is 1. The lowest BCUT2D eigenvalue weighted by Crippen LogP contribution is -2.40. The maximum atomic E-state index is 13.3. The van der Waals surface area contributed by atoms with E-state index in [0.717, 1.165) is 11.0 Å². The summed E-state index contributed by atoms with van der Waals surface area (Å²) in [6.45, 7) is 2.72. The molecule has 4 heterocycles. The monoisotopic (exact) mass is 415 g/mol. The highest BCUT2D eigenvalue weighted by Gasteiger charge is 2.31. The first-order chi connectivity index (χ1) is 15.1. The number of hydrogen-bond acceptors (Lipinski definition) is 4. The maximum absolute atomic E-state index is 13.3. The Morgan fingerprint density at radius 3 is 2.58 bits per heavy atom. The van der Waals surface area contributed by atoms with Crippen molar-refractivity contribution in [3.63, 3.8) is 0 Å². The van der Waals surface area contributed by atoms with E-state index < -0.39 is 0 Å². The number of carbonyl (C=O) groups excluding carboxylic acids is 1. The van der Waals surface area contributed by atoms with Gasteiger partial charge in [0, 0.05) is 31.5 Å². The van der Waals surface area contributed by atoms with Gasteiger partial charge in [-0.3, -0.25) is 13.9 Å². The molecule has 1 aliphatic heterocycles. The van der Waals surface area contributed by atoms with Crippen molar-refractivity contribution in [2.45, 2.75) is 25.8 Å². The van der Waals surface area contributed by atoms with Crippen LogP contribution in [0.2, 0.25) is 0 Å². The average molecular weight is 415 g/mol. The Morgan fingerprint density at radius 2 is 1.87 bits per heavy atom. The number of nitriles is 1. The number of amides is 1. The third kappa shape index (κ3) is 3.06. The number of aromatic amines is 1. The van der Waals surface area contributed by atoms with E-state index in [0.29, 0.717) is 43.1 Å². The van der Waals surface area contributed by atoms with Crippen molar-refractivity contribution in [3.05, 3.63) is 76.2 Å². The van der Waals surface area contributed by atoms with Gasteiger partial charge in [-0.2, -0.15) is 5.26 Å². The van der Waals surface area contributed by atoms with Gasteiger partial charge in [-0.15, -0.1) is 0 Å². The van der Waals surface area contributed by atoms with Crippen molar-refractivity contribution in [3.8, 4) is 12.0 Å². The number of nitrogens with one attached hydrogen (secondary N) is 1. The SMILES string of the molecule is Cc1oc(-n2cccc2)c(C#N)c1C(=O)N1CCC(n2c(=O)[nH]c3ccccc32)CC1. The van der Waals surface area contributed by atoms with Gasteiger partial charge >= 0.3 is 5.69 Å². The number of aryl methyl sites for hydroxylation is 1. The van der Waals surface area contributed by atoms with E-state index in [9.17, 15) is 14.9 Å². The number of benzene rings is 1. The van der Waals surface area contributed by atoms with E-state index in [4.69, 9.17) is 4.42 Å². The molecule has 1 fully saturated rings. The summed E-state index contributed by atoms with van der Waals surface area (Å²) in [5.74, 6) is 0.578. The second-order valence-corrected chi connectivity index (χ2v) is 7.76. The molecule has 31 heavy (non-hydrogen) atoms. The van der Waals surface area contributed by atoms with Crippen molar-refractivity contribution in [1.29, 1.82) is 5.26 Å². The Hall–Kier alpha value is -3.99. The summed E-state index contributed by atoms with van der Waals surface area (Å²) in [5, 5.41) is 9.72. The van der Waals surface area contributed by atoms with E-state index in [1.165, 1.54) is 0 Å². The molecule has 0 bridgehead atoms. The minimum Gasteiger partial charge on any atom is -0.443 e. The lowest BCUT2D eigenvalue weighted by molar-refractivity contribution is 0.0693. The fourth-order valence-corrected chi connectivity index (χ4v) is 4.47. The number of imidazole rings is 1. The van der Waals surface area contributed by atoms with Crippen LogP contribution in [0.4, 0.5) is 0 Å². The molecular formula is C23H21N5O3. The number of carbonyl (C=O) groups is 1. The van der Waals surface area contributed by atoms with Crippen LogP contribution in [0, 0.1) is 18.3 Å². The molecule has 156 valence electrons. The highest BCUT2D eigenvalue weighted by atomic mass is 16.4. The maximum Gasteiger partial charge on any atom is 0.326 e. The zero-order valence-corrected chi connectivity index (χ0v) is 17.0. The van der Waals surface area contributed by atoms with Crippen LogP contribution in [0.1, 0.15) is 40.6 Å². The molecule has 0 atom stereocenters. The Balaban J connectivity index is 1.39. The number of nitrogens with zero attached hydrogens (tertiary/aromatic N) is 4. The fourth-order valence-electron chi connectivity index (χ4n) is 4.47. The number of furan rings is 1. The third-order valence-corrected chi connectivity index (χ3v) is 5.97. The zero-order valence-electron chi connectivity index (χ0n) is 17.0. The number of piperidine rings is 1. The predicted octanol–water partition coefficient (Wildman–Crippen LogP) is 3.37. The van der Waals surface area contributed by atoms with E-state index in [1.807, 2.05) is 36.4 Å². The van der Waals surface area contributed by atoms with Gasteiger partial charge in [-0.05, 0) is 44.0 Å². The third-order valence-electron chi connectivity index (χ3n) is 5.97. The summed E-state index contributed by atoms with van der Waals surface area (Å²) >= 11 is 0. The molecule has 0 aliphatic carbocycles. The number of hydrogen-bond donors (Lipinski definition) is 1. The molecular weight excluding hydrogens is 394 g/mol. The molecule has 5 rings (SSSR count).